The number of amides is 2. The molecule has 1 aliphatic heterocycles. The van der Waals surface area contributed by atoms with Crippen molar-refractivity contribution >= 4 is 17.8 Å². The predicted molar refractivity (Wildman–Crippen MR) is 81.1 cm³/mol. The van der Waals surface area contributed by atoms with E-state index in [4.69, 9.17) is 5.11 Å². The zero-order valence-corrected chi connectivity index (χ0v) is 13.2. The second-order valence-corrected chi connectivity index (χ2v) is 6.48. The van der Waals surface area contributed by atoms with E-state index in [0.29, 0.717) is 25.8 Å². The molecule has 2 N–H and O–H groups in total. The van der Waals surface area contributed by atoms with E-state index in [0.717, 1.165) is 32.2 Å². The fraction of sp³-hybridized carbons (Fsp3) is 0.812. The van der Waals surface area contributed by atoms with Gasteiger partial charge in [0.25, 0.3) is 0 Å². The van der Waals surface area contributed by atoms with Crippen molar-refractivity contribution in [3.05, 3.63) is 0 Å². The van der Waals surface area contributed by atoms with E-state index in [1.165, 1.54) is 0 Å². The maximum atomic E-state index is 12.4. The smallest absolute Gasteiger partial charge is 0.306 e. The molecule has 0 bridgehead atoms. The third kappa shape index (κ3) is 4.21. The van der Waals surface area contributed by atoms with Crippen molar-refractivity contribution in [2.75, 3.05) is 13.1 Å². The summed E-state index contributed by atoms with van der Waals surface area (Å²) in [7, 11) is 0. The molecule has 1 unspecified atom stereocenters. The first-order valence-electron chi connectivity index (χ1n) is 8.32. The van der Waals surface area contributed by atoms with Crippen molar-refractivity contribution in [1.82, 2.24) is 10.2 Å². The number of carbonyl (C=O) groups excluding carboxylic acids is 2. The zero-order chi connectivity index (χ0) is 16.1. The minimum atomic E-state index is -0.772. The number of carboxylic acid groups (broad SMARTS) is 1. The Bertz CT molecular complexity index is 438. The van der Waals surface area contributed by atoms with E-state index in [-0.39, 0.29) is 29.7 Å². The van der Waals surface area contributed by atoms with Crippen molar-refractivity contribution < 1.29 is 19.5 Å². The number of rotatable bonds is 5. The lowest BCUT2D eigenvalue weighted by molar-refractivity contribution is -0.142. The van der Waals surface area contributed by atoms with Crippen molar-refractivity contribution in [2.24, 2.45) is 11.8 Å². The number of hydrogen-bond acceptors (Lipinski definition) is 3. The zero-order valence-electron chi connectivity index (χ0n) is 13.2. The van der Waals surface area contributed by atoms with Gasteiger partial charge >= 0.3 is 5.97 Å². The number of nitrogens with one attached hydrogen (secondary N) is 1. The van der Waals surface area contributed by atoms with Gasteiger partial charge in [-0.1, -0.05) is 6.92 Å². The highest BCUT2D eigenvalue weighted by Gasteiger charge is 2.33. The number of likely N-dealkylation sites (tertiary alicyclic amines) is 1. The summed E-state index contributed by atoms with van der Waals surface area (Å²) in [5.41, 5.74) is 0. The molecule has 2 amide bonds. The summed E-state index contributed by atoms with van der Waals surface area (Å²) >= 11 is 0. The number of carbonyl (C=O) groups is 3. The van der Waals surface area contributed by atoms with Crippen molar-refractivity contribution in [3.63, 3.8) is 0 Å². The molecule has 2 fully saturated rings. The molecule has 0 aromatic heterocycles. The average molecular weight is 310 g/mol. The van der Waals surface area contributed by atoms with Crippen molar-refractivity contribution in [1.29, 1.82) is 0 Å². The molecule has 0 aromatic carbocycles. The standard InChI is InChI=1S/C16H26N2O4/c1-2-4-14(19)18-8-3-5-12(10-18)15(20)17-13-7-6-11(9-13)16(21)22/h11-13H,2-10H2,1H3,(H,17,20)(H,21,22)/t11-,12?,13+/m0/s1. The van der Waals surface area contributed by atoms with Crippen molar-refractivity contribution in [2.45, 2.75) is 57.9 Å². The van der Waals surface area contributed by atoms with Gasteiger partial charge in [-0.05, 0) is 38.5 Å². The third-order valence-corrected chi connectivity index (χ3v) is 4.74. The van der Waals surface area contributed by atoms with Gasteiger partial charge in [0.2, 0.25) is 11.8 Å². The number of carboxylic acids is 1. The Morgan fingerprint density at radius 2 is 1.95 bits per heavy atom. The molecule has 22 heavy (non-hydrogen) atoms. The summed E-state index contributed by atoms with van der Waals surface area (Å²) < 4.78 is 0. The van der Waals surface area contributed by atoms with Crippen LogP contribution in [-0.4, -0.2) is 46.9 Å². The van der Waals surface area contributed by atoms with Gasteiger partial charge in [-0.15, -0.1) is 0 Å². The van der Waals surface area contributed by atoms with Crippen LogP contribution in [0.15, 0.2) is 0 Å². The summed E-state index contributed by atoms with van der Waals surface area (Å²) in [4.78, 5) is 37.1. The van der Waals surface area contributed by atoms with Crippen LogP contribution >= 0.6 is 0 Å². The lowest BCUT2D eigenvalue weighted by Crippen LogP contribution is -2.47. The Hall–Kier alpha value is -1.59. The van der Waals surface area contributed by atoms with Crippen LogP contribution in [0.3, 0.4) is 0 Å². The van der Waals surface area contributed by atoms with Gasteiger partial charge in [0.05, 0.1) is 11.8 Å². The fourth-order valence-electron chi connectivity index (χ4n) is 3.45. The van der Waals surface area contributed by atoms with E-state index >= 15 is 0 Å². The van der Waals surface area contributed by atoms with E-state index in [9.17, 15) is 14.4 Å². The Balaban J connectivity index is 1.82. The van der Waals surface area contributed by atoms with Crippen LogP contribution in [0.25, 0.3) is 0 Å². The normalized spacial score (nSPS) is 28.4. The maximum Gasteiger partial charge on any atom is 0.306 e. The van der Waals surface area contributed by atoms with Crippen molar-refractivity contribution in [3.8, 4) is 0 Å². The number of piperidine rings is 1. The van der Waals surface area contributed by atoms with Crippen LogP contribution in [-0.2, 0) is 14.4 Å². The molecular formula is C16H26N2O4. The molecule has 1 saturated heterocycles. The van der Waals surface area contributed by atoms with Gasteiger partial charge in [-0.2, -0.15) is 0 Å². The van der Waals surface area contributed by atoms with Gasteiger partial charge in [0, 0.05) is 25.6 Å². The third-order valence-electron chi connectivity index (χ3n) is 4.74. The lowest BCUT2D eigenvalue weighted by atomic mass is 9.96. The molecule has 1 heterocycles. The van der Waals surface area contributed by atoms with Crippen LogP contribution in [0.5, 0.6) is 0 Å². The van der Waals surface area contributed by atoms with E-state index in [1.807, 2.05) is 6.92 Å². The summed E-state index contributed by atoms with van der Waals surface area (Å²) in [5.74, 6) is -1.15. The van der Waals surface area contributed by atoms with Crippen LogP contribution in [0.2, 0.25) is 0 Å². The number of nitrogens with zero attached hydrogens (tertiary/aromatic N) is 1. The number of aliphatic carboxylic acids is 1. The van der Waals surface area contributed by atoms with Gasteiger partial charge in [0.1, 0.15) is 0 Å². The Morgan fingerprint density at radius 3 is 2.59 bits per heavy atom. The number of hydrogen-bond donors (Lipinski definition) is 2. The van der Waals surface area contributed by atoms with E-state index in [2.05, 4.69) is 5.32 Å². The fourth-order valence-corrected chi connectivity index (χ4v) is 3.45. The van der Waals surface area contributed by atoms with Gasteiger partial charge in [-0.25, -0.2) is 0 Å². The highest BCUT2D eigenvalue weighted by Crippen LogP contribution is 2.26. The summed E-state index contributed by atoms with van der Waals surface area (Å²) in [6.45, 7) is 3.22. The molecule has 2 aliphatic rings. The van der Waals surface area contributed by atoms with Crippen LogP contribution in [0.4, 0.5) is 0 Å². The molecule has 1 aliphatic carbocycles. The lowest BCUT2D eigenvalue weighted by Gasteiger charge is -2.32. The summed E-state index contributed by atoms with van der Waals surface area (Å²) in [5, 5.41) is 12.0. The van der Waals surface area contributed by atoms with E-state index in [1.54, 1.807) is 4.90 Å². The first kappa shape index (κ1) is 16.8. The average Bonchev–Trinajstić information content (AvgIpc) is 2.96. The van der Waals surface area contributed by atoms with Crippen LogP contribution in [0.1, 0.15) is 51.9 Å². The topological polar surface area (TPSA) is 86.7 Å². The molecule has 0 spiro atoms. The summed E-state index contributed by atoms with van der Waals surface area (Å²) in [6.07, 6.45) is 4.90. The first-order chi connectivity index (χ1) is 10.5. The largest absolute Gasteiger partial charge is 0.481 e. The second-order valence-electron chi connectivity index (χ2n) is 6.48. The molecule has 124 valence electrons. The Morgan fingerprint density at radius 1 is 1.18 bits per heavy atom. The SMILES string of the molecule is CCCC(=O)N1CCCC(C(=O)N[C@@H]2CC[C@H](C(=O)O)C2)C1. The first-order valence-corrected chi connectivity index (χ1v) is 8.32. The minimum Gasteiger partial charge on any atom is -0.481 e. The van der Waals surface area contributed by atoms with Gasteiger partial charge in [0.15, 0.2) is 0 Å². The molecule has 6 heteroatoms. The molecular weight excluding hydrogens is 284 g/mol. The minimum absolute atomic E-state index is 0.0231. The van der Waals surface area contributed by atoms with E-state index < -0.39 is 5.97 Å². The van der Waals surface area contributed by atoms with Crippen LogP contribution in [0, 0.1) is 11.8 Å². The van der Waals surface area contributed by atoms with Gasteiger partial charge in [-0.3, -0.25) is 14.4 Å². The van der Waals surface area contributed by atoms with Gasteiger partial charge < -0.3 is 15.3 Å². The van der Waals surface area contributed by atoms with Crippen LogP contribution < -0.4 is 5.32 Å². The summed E-state index contributed by atoms with van der Waals surface area (Å²) in [6, 6.07) is -0.0321. The molecule has 0 radical (unpaired) electrons. The second kappa shape index (κ2) is 7.61. The molecule has 2 rings (SSSR count). The Labute approximate surface area is 131 Å². The predicted octanol–water partition coefficient (Wildman–Crippen LogP) is 1.39. The highest BCUT2D eigenvalue weighted by molar-refractivity contribution is 5.81. The maximum absolute atomic E-state index is 12.4. The molecule has 6 nitrogen and oxygen atoms in total. The quantitative estimate of drug-likeness (QED) is 0.803. The highest BCUT2D eigenvalue weighted by atomic mass is 16.4. The molecule has 1 saturated carbocycles. The monoisotopic (exact) mass is 310 g/mol. The molecule has 3 atom stereocenters. The Kier molecular flexibility index (Phi) is 5.80. The molecule has 0 aromatic rings.